The highest BCUT2D eigenvalue weighted by Crippen LogP contribution is 2.28. The first kappa shape index (κ1) is 18.3. The Morgan fingerprint density at radius 2 is 2.07 bits per heavy atom. The predicted molar refractivity (Wildman–Crippen MR) is 113 cm³/mol. The van der Waals surface area contributed by atoms with E-state index in [1.165, 1.54) is 0 Å². The maximum absolute atomic E-state index is 12.4. The second-order valence-corrected chi connectivity index (χ2v) is 7.83. The van der Waals surface area contributed by atoms with Crippen LogP contribution in [0.25, 0.3) is 9.88 Å². The van der Waals surface area contributed by atoms with Gasteiger partial charge in [0.2, 0.25) is 5.91 Å². The van der Waals surface area contributed by atoms with Gasteiger partial charge in [-0.3, -0.25) is 9.78 Å². The van der Waals surface area contributed by atoms with E-state index in [0.717, 1.165) is 21.1 Å². The molecule has 0 radical (unpaired) electrons. The minimum atomic E-state index is -0.104. The summed E-state index contributed by atoms with van der Waals surface area (Å²) in [5.74, 6) is 0.586. The van der Waals surface area contributed by atoms with Crippen LogP contribution in [-0.2, 0) is 17.8 Å². The number of nitrogens with one attached hydrogen (secondary N) is 1. The highest BCUT2D eigenvalue weighted by atomic mass is 32.1. The van der Waals surface area contributed by atoms with Crippen molar-refractivity contribution in [1.29, 1.82) is 0 Å². The van der Waals surface area contributed by atoms with Crippen molar-refractivity contribution in [2.24, 2.45) is 0 Å². The smallest absolute Gasteiger partial charge is 0.230 e. The fourth-order valence-electron chi connectivity index (χ4n) is 2.59. The van der Waals surface area contributed by atoms with Gasteiger partial charge in [0.15, 0.2) is 0 Å². The van der Waals surface area contributed by atoms with Gasteiger partial charge in [-0.2, -0.15) is 0 Å². The third-order valence-electron chi connectivity index (χ3n) is 3.87. The maximum Gasteiger partial charge on any atom is 0.230 e. The van der Waals surface area contributed by atoms with Gasteiger partial charge < -0.3 is 10.1 Å². The zero-order valence-corrected chi connectivity index (χ0v) is 16.5. The molecule has 0 unspecified atom stereocenters. The Bertz CT molecular complexity index is 1050. The molecule has 1 N–H and O–H groups in total. The molecule has 1 amide bonds. The topological polar surface area (TPSA) is 64.1 Å². The number of anilines is 1. The van der Waals surface area contributed by atoms with Crippen LogP contribution in [0.1, 0.15) is 11.3 Å². The molecule has 28 heavy (non-hydrogen) atoms. The second kappa shape index (κ2) is 8.77. The summed E-state index contributed by atoms with van der Waals surface area (Å²) in [5.41, 5.74) is 2.46. The largest absolute Gasteiger partial charge is 0.489 e. The highest BCUT2D eigenvalue weighted by Gasteiger charge is 2.10. The summed E-state index contributed by atoms with van der Waals surface area (Å²) < 4.78 is 5.78. The monoisotopic (exact) mass is 407 g/mol. The molecule has 3 heterocycles. The van der Waals surface area contributed by atoms with E-state index in [1.807, 2.05) is 59.3 Å². The summed E-state index contributed by atoms with van der Waals surface area (Å²) in [6.07, 6.45) is 3.73. The summed E-state index contributed by atoms with van der Waals surface area (Å²) in [7, 11) is 0. The van der Waals surface area contributed by atoms with Crippen LogP contribution in [0, 0.1) is 0 Å². The molecular weight excluding hydrogens is 390 g/mol. The molecule has 140 valence electrons. The number of rotatable bonds is 7. The lowest BCUT2D eigenvalue weighted by Gasteiger charge is -2.09. The number of hydrogen-bond acceptors (Lipinski definition) is 6. The zero-order valence-electron chi connectivity index (χ0n) is 14.9. The van der Waals surface area contributed by atoms with Gasteiger partial charge in [-0.05, 0) is 29.6 Å². The van der Waals surface area contributed by atoms with E-state index >= 15 is 0 Å². The summed E-state index contributed by atoms with van der Waals surface area (Å²) in [5, 5.41) is 7.81. The number of thiazole rings is 1. The SMILES string of the molecule is O=C(Cc1csc(-c2cccs2)n1)Nc1cccc(OCc2cccnc2)c1. The van der Waals surface area contributed by atoms with Gasteiger partial charge in [-0.1, -0.05) is 18.2 Å². The number of amides is 1. The Morgan fingerprint density at radius 1 is 1.11 bits per heavy atom. The number of carbonyl (C=O) groups excluding carboxylic acids is 1. The minimum absolute atomic E-state index is 0.104. The molecule has 5 nitrogen and oxygen atoms in total. The standard InChI is InChI=1S/C21H17N3O2S2/c25-20(11-17-14-28-21(24-17)19-7-3-9-27-19)23-16-5-1-6-18(10-16)26-13-15-4-2-8-22-12-15/h1-10,12,14H,11,13H2,(H,23,25). The Hall–Kier alpha value is -3.03. The molecule has 0 aliphatic heterocycles. The highest BCUT2D eigenvalue weighted by molar-refractivity contribution is 7.20. The van der Waals surface area contributed by atoms with Gasteiger partial charge in [0, 0.05) is 35.1 Å². The zero-order chi connectivity index (χ0) is 19.2. The van der Waals surface area contributed by atoms with Crippen molar-refractivity contribution >= 4 is 34.3 Å². The van der Waals surface area contributed by atoms with Gasteiger partial charge in [0.1, 0.15) is 17.4 Å². The minimum Gasteiger partial charge on any atom is -0.489 e. The Labute approximate surface area is 170 Å². The molecule has 0 saturated heterocycles. The van der Waals surface area contributed by atoms with E-state index < -0.39 is 0 Å². The number of carbonyl (C=O) groups is 1. The van der Waals surface area contributed by atoms with E-state index in [9.17, 15) is 4.79 Å². The van der Waals surface area contributed by atoms with Crippen molar-refractivity contribution in [1.82, 2.24) is 9.97 Å². The normalized spacial score (nSPS) is 10.6. The van der Waals surface area contributed by atoms with Gasteiger partial charge in [-0.15, -0.1) is 22.7 Å². The predicted octanol–water partition coefficient (Wildman–Crippen LogP) is 5.03. The quantitative estimate of drug-likeness (QED) is 0.467. The van der Waals surface area contributed by atoms with Crippen LogP contribution in [0.2, 0.25) is 0 Å². The fourth-order valence-corrected chi connectivity index (χ4v) is 4.22. The second-order valence-electron chi connectivity index (χ2n) is 6.02. The van der Waals surface area contributed by atoms with Gasteiger partial charge in [0.05, 0.1) is 17.0 Å². The molecule has 0 fully saturated rings. The van der Waals surface area contributed by atoms with Gasteiger partial charge in [-0.25, -0.2) is 4.98 Å². The van der Waals surface area contributed by atoms with Crippen LogP contribution in [-0.4, -0.2) is 15.9 Å². The molecule has 0 saturated carbocycles. The van der Waals surface area contributed by atoms with Crippen molar-refractivity contribution < 1.29 is 9.53 Å². The van der Waals surface area contributed by atoms with E-state index in [1.54, 1.807) is 35.1 Å². The number of pyridine rings is 1. The van der Waals surface area contributed by atoms with Crippen molar-refractivity contribution in [3.8, 4) is 15.6 Å². The lowest BCUT2D eigenvalue weighted by molar-refractivity contribution is -0.115. The molecule has 3 aromatic heterocycles. The summed E-state index contributed by atoms with van der Waals surface area (Å²) >= 11 is 3.20. The average Bonchev–Trinajstić information content (AvgIpc) is 3.39. The molecule has 0 bridgehead atoms. The molecular formula is C21H17N3O2S2. The van der Waals surface area contributed by atoms with Crippen LogP contribution in [0.3, 0.4) is 0 Å². The molecule has 4 aromatic rings. The fraction of sp³-hybridized carbons (Fsp3) is 0.0952. The third kappa shape index (κ3) is 4.82. The molecule has 0 aliphatic carbocycles. The molecule has 0 spiro atoms. The Morgan fingerprint density at radius 3 is 2.89 bits per heavy atom. The van der Waals surface area contributed by atoms with E-state index in [0.29, 0.717) is 18.0 Å². The van der Waals surface area contributed by atoms with E-state index in [2.05, 4.69) is 15.3 Å². The van der Waals surface area contributed by atoms with E-state index in [-0.39, 0.29) is 12.3 Å². The maximum atomic E-state index is 12.4. The lowest BCUT2D eigenvalue weighted by Crippen LogP contribution is -2.14. The first-order valence-electron chi connectivity index (χ1n) is 8.66. The van der Waals surface area contributed by atoms with Crippen molar-refractivity contribution in [3.05, 3.63) is 82.9 Å². The third-order valence-corrected chi connectivity index (χ3v) is 5.80. The van der Waals surface area contributed by atoms with Crippen LogP contribution in [0.15, 0.2) is 71.7 Å². The van der Waals surface area contributed by atoms with Crippen molar-refractivity contribution in [2.45, 2.75) is 13.0 Å². The summed E-state index contributed by atoms with van der Waals surface area (Å²) in [4.78, 5) is 22.1. The average molecular weight is 408 g/mol. The molecule has 1 aromatic carbocycles. The number of thiophene rings is 1. The molecule has 7 heteroatoms. The molecule has 4 rings (SSSR count). The lowest BCUT2D eigenvalue weighted by atomic mass is 10.2. The van der Waals surface area contributed by atoms with Crippen molar-refractivity contribution in [2.75, 3.05) is 5.32 Å². The van der Waals surface area contributed by atoms with Crippen LogP contribution in [0.4, 0.5) is 5.69 Å². The summed E-state index contributed by atoms with van der Waals surface area (Å²) in [6, 6.07) is 15.2. The number of hydrogen-bond donors (Lipinski definition) is 1. The van der Waals surface area contributed by atoms with Crippen molar-refractivity contribution in [3.63, 3.8) is 0 Å². The van der Waals surface area contributed by atoms with Crippen LogP contribution < -0.4 is 10.1 Å². The molecule has 0 aliphatic rings. The van der Waals surface area contributed by atoms with Gasteiger partial charge in [0.25, 0.3) is 0 Å². The Balaban J connectivity index is 1.34. The van der Waals surface area contributed by atoms with E-state index in [4.69, 9.17) is 4.74 Å². The van der Waals surface area contributed by atoms with Crippen LogP contribution in [0.5, 0.6) is 5.75 Å². The first-order chi connectivity index (χ1) is 13.8. The van der Waals surface area contributed by atoms with Crippen LogP contribution >= 0.6 is 22.7 Å². The first-order valence-corrected chi connectivity index (χ1v) is 10.4. The summed E-state index contributed by atoms with van der Waals surface area (Å²) in [6.45, 7) is 0.426. The number of ether oxygens (including phenoxy) is 1. The number of benzene rings is 1. The number of aromatic nitrogens is 2. The van der Waals surface area contributed by atoms with Gasteiger partial charge >= 0.3 is 0 Å². The molecule has 0 atom stereocenters. The number of nitrogens with zero attached hydrogens (tertiary/aromatic N) is 2. The Kier molecular flexibility index (Phi) is 5.75.